The number of piperidine rings is 1. The number of carbonyl (C=O) groups is 1. The number of nitrogens with zero attached hydrogens (tertiary/aromatic N) is 4. The fourth-order valence-electron chi connectivity index (χ4n) is 4.60. The molecule has 0 aliphatic carbocycles. The monoisotopic (exact) mass is 358 g/mol. The zero-order chi connectivity index (χ0) is 17.6. The lowest BCUT2D eigenvalue weighted by atomic mass is 9.74. The SMILES string of the molecule is Cc1ccc(CN2CCC3(CC2)C(c2cnn(C)c2)CC(=O)N3C)s1. The van der Waals surface area contributed by atoms with Crippen LogP contribution in [-0.2, 0) is 18.4 Å². The highest BCUT2D eigenvalue weighted by molar-refractivity contribution is 7.11. The van der Waals surface area contributed by atoms with Gasteiger partial charge in [-0.3, -0.25) is 14.4 Å². The van der Waals surface area contributed by atoms with Crippen molar-refractivity contribution >= 4 is 17.2 Å². The van der Waals surface area contributed by atoms with Gasteiger partial charge in [-0.1, -0.05) is 0 Å². The molecule has 4 rings (SSSR count). The van der Waals surface area contributed by atoms with Crippen LogP contribution < -0.4 is 0 Å². The van der Waals surface area contributed by atoms with Gasteiger partial charge in [-0.25, -0.2) is 0 Å². The van der Waals surface area contributed by atoms with Crippen LogP contribution in [0.15, 0.2) is 24.5 Å². The van der Waals surface area contributed by atoms with Gasteiger partial charge in [0, 0.05) is 62.0 Å². The van der Waals surface area contributed by atoms with Gasteiger partial charge >= 0.3 is 0 Å². The third-order valence-electron chi connectivity index (χ3n) is 6.09. The van der Waals surface area contributed by atoms with Crippen LogP contribution in [-0.4, -0.2) is 51.2 Å². The van der Waals surface area contributed by atoms with Gasteiger partial charge in [-0.2, -0.15) is 5.10 Å². The second-order valence-corrected chi connectivity index (χ2v) is 8.92. The van der Waals surface area contributed by atoms with E-state index in [1.807, 2.05) is 41.2 Å². The van der Waals surface area contributed by atoms with E-state index in [0.29, 0.717) is 6.42 Å². The first-order valence-electron chi connectivity index (χ1n) is 9.01. The molecule has 4 heterocycles. The number of hydrogen-bond acceptors (Lipinski definition) is 4. The molecule has 2 aliphatic rings. The fraction of sp³-hybridized carbons (Fsp3) is 0.579. The van der Waals surface area contributed by atoms with E-state index in [4.69, 9.17) is 0 Å². The number of amides is 1. The van der Waals surface area contributed by atoms with Crippen molar-refractivity contribution in [1.29, 1.82) is 0 Å². The van der Waals surface area contributed by atoms with E-state index in [-0.39, 0.29) is 17.4 Å². The Bertz CT molecular complexity index is 772. The molecule has 1 atom stereocenters. The molecule has 0 radical (unpaired) electrons. The molecule has 0 aromatic carbocycles. The molecule has 0 saturated carbocycles. The van der Waals surface area contributed by atoms with Crippen LogP contribution in [0, 0.1) is 6.92 Å². The smallest absolute Gasteiger partial charge is 0.223 e. The van der Waals surface area contributed by atoms with Crippen molar-refractivity contribution in [3.8, 4) is 0 Å². The third-order valence-corrected chi connectivity index (χ3v) is 7.08. The van der Waals surface area contributed by atoms with Gasteiger partial charge in [-0.05, 0) is 37.5 Å². The Morgan fingerprint density at radius 3 is 2.64 bits per heavy atom. The highest BCUT2D eigenvalue weighted by Crippen LogP contribution is 2.48. The first-order valence-corrected chi connectivity index (χ1v) is 9.82. The molecular weight excluding hydrogens is 332 g/mol. The van der Waals surface area contributed by atoms with Crippen molar-refractivity contribution < 1.29 is 4.79 Å². The quantitative estimate of drug-likeness (QED) is 0.847. The molecule has 2 saturated heterocycles. The maximum absolute atomic E-state index is 12.5. The van der Waals surface area contributed by atoms with E-state index in [1.165, 1.54) is 15.3 Å². The molecule has 0 N–H and O–H groups in total. The summed E-state index contributed by atoms with van der Waals surface area (Å²) < 4.78 is 1.85. The summed E-state index contributed by atoms with van der Waals surface area (Å²) >= 11 is 1.89. The summed E-state index contributed by atoms with van der Waals surface area (Å²) in [6.07, 6.45) is 6.73. The van der Waals surface area contributed by atoms with Crippen LogP contribution in [0.2, 0.25) is 0 Å². The zero-order valence-corrected chi connectivity index (χ0v) is 16.1. The first kappa shape index (κ1) is 16.8. The van der Waals surface area contributed by atoms with Crippen molar-refractivity contribution in [2.24, 2.45) is 7.05 Å². The Morgan fingerprint density at radius 2 is 2.04 bits per heavy atom. The van der Waals surface area contributed by atoms with E-state index in [9.17, 15) is 4.79 Å². The lowest BCUT2D eigenvalue weighted by molar-refractivity contribution is -0.130. The van der Waals surface area contributed by atoms with Crippen molar-refractivity contribution in [1.82, 2.24) is 19.6 Å². The number of likely N-dealkylation sites (tertiary alicyclic amines) is 2. The van der Waals surface area contributed by atoms with Crippen molar-refractivity contribution in [3.05, 3.63) is 39.8 Å². The number of aryl methyl sites for hydroxylation is 2. The van der Waals surface area contributed by atoms with Gasteiger partial charge in [0.05, 0.1) is 11.7 Å². The Balaban J connectivity index is 1.51. The summed E-state index contributed by atoms with van der Waals surface area (Å²) in [4.78, 5) is 19.9. The average molecular weight is 359 g/mol. The highest BCUT2D eigenvalue weighted by Gasteiger charge is 2.52. The predicted molar refractivity (Wildman–Crippen MR) is 99.6 cm³/mol. The van der Waals surface area contributed by atoms with Crippen molar-refractivity contribution in [2.75, 3.05) is 20.1 Å². The summed E-state index contributed by atoms with van der Waals surface area (Å²) in [5.41, 5.74) is 1.17. The molecule has 2 aromatic heterocycles. The van der Waals surface area contributed by atoms with Crippen LogP contribution in [0.5, 0.6) is 0 Å². The number of likely N-dealkylation sites (N-methyl/N-ethyl adjacent to an activating group) is 1. The van der Waals surface area contributed by atoms with Gasteiger partial charge in [0.1, 0.15) is 0 Å². The molecule has 2 fully saturated rings. The van der Waals surface area contributed by atoms with Crippen molar-refractivity contribution in [3.63, 3.8) is 0 Å². The number of thiophene rings is 1. The standard InChI is InChI=1S/C19H26N4OS/c1-14-4-5-16(25-14)13-23-8-6-19(7-9-23)17(10-18(24)22(19)3)15-11-20-21(2)12-15/h4-5,11-12,17H,6-10,13H2,1-3H3. The maximum atomic E-state index is 12.5. The predicted octanol–water partition coefficient (Wildman–Crippen LogP) is 2.77. The molecule has 1 amide bonds. The second-order valence-electron chi connectivity index (χ2n) is 7.55. The molecule has 134 valence electrons. The van der Waals surface area contributed by atoms with Crippen LogP contribution in [0.25, 0.3) is 0 Å². The minimum absolute atomic E-state index is 0.0397. The molecule has 25 heavy (non-hydrogen) atoms. The number of aromatic nitrogens is 2. The molecular formula is C19H26N4OS. The minimum atomic E-state index is -0.0397. The van der Waals surface area contributed by atoms with Gasteiger partial charge in [-0.15, -0.1) is 11.3 Å². The van der Waals surface area contributed by atoms with Gasteiger partial charge in [0.25, 0.3) is 0 Å². The molecule has 0 bridgehead atoms. The largest absolute Gasteiger partial charge is 0.339 e. The molecule has 1 spiro atoms. The Kier molecular flexibility index (Phi) is 4.20. The molecule has 6 heteroatoms. The Hall–Kier alpha value is -1.66. The Morgan fingerprint density at radius 1 is 1.28 bits per heavy atom. The van der Waals surface area contributed by atoms with Crippen LogP contribution in [0.4, 0.5) is 0 Å². The molecule has 2 aliphatic heterocycles. The van der Waals surface area contributed by atoms with Crippen molar-refractivity contribution in [2.45, 2.75) is 44.2 Å². The summed E-state index contributed by atoms with van der Waals surface area (Å²) in [6.45, 7) is 5.29. The van der Waals surface area contributed by atoms with E-state index >= 15 is 0 Å². The van der Waals surface area contributed by atoms with Gasteiger partial charge < -0.3 is 4.90 Å². The lowest BCUT2D eigenvalue weighted by Gasteiger charge is -2.46. The van der Waals surface area contributed by atoms with Gasteiger partial charge in [0.2, 0.25) is 5.91 Å². The van der Waals surface area contributed by atoms with E-state index in [1.54, 1.807) is 0 Å². The Labute approximate surface area is 153 Å². The number of rotatable bonds is 3. The van der Waals surface area contributed by atoms with E-state index in [2.05, 4.69) is 35.3 Å². The second kappa shape index (κ2) is 6.25. The van der Waals surface area contributed by atoms with Crippen LogP contribution in [0.1, 0.15) is 40.5 Å². The maximum Gasteiger partial charge on any atom is 0.223 e. The summed E-state index contributed by atoms with van der Waals surface area (Å²) in [5.74, 6) is 0.543. The molecule has 2 aromatic rings. The minimum Gasteiger partial charge on any atom is -0.339 e. The molecule has 5 nitrogen and oxygen atoms in total. The fourth-order valence-corrected chi connectivity index (χ4v) is 5.54. The molecule has 1 unspecified atom stereocenters. The van der Waals surface area contributed by atoms with E-state index < -0.39 is 0 Å². The zero-order valence-electron chi connectivity index (χ0n) is 15.2. The number of hydrogen-bond donors (Lipinski definition) is 0. The lowest BCUT2D eigenvalue weighted by Crippen LogP contribution is -2.53. The third kappa shape index (κ3) is 2.91. The van der Waals surface area contributed by atoms with Crippen LogP contribution in [0.3, 0.4) is 0 Å². The average Bonchev–Trinajstić information content (AvgIpc) is 3.26. The van der Waals surface area contributed by atoms with Crippen LogP contribution >= 0.6 is 11.3 Å². The normalized spacial score (nSPS) is 23.7. The topological polar surface area (TPSA) is 41.4 Å². The first-order chi connectivity index (χ1) is 12.0. The van der Waals surface area contributed by atoms with Gasteiger partial charge in [0.15, 0.2) is 0 Å². The number of carbonyl (C=O) groups excluding carboxylic acids is 1. The highest BCUT2D eigenvalue weighted by atomic mass is 32.1. The summed E-state index contributed by atoms with van der Waals surface area (Å²) in [6, 6.07) is 4.45. The van der Waals surface area contributed by atoms with E-state index in [0.717, 1.165) is 32.5 Å². The summed E-state index contributed by atoms with van der Waals surface area (Å²) in [7, 11) is 3.94. The summed E-state index contributed by atoms with van der Waals surface area (Å²) in [5, 5.41) is 4.34.